The van der Waals surface area contributed by atoms with Gasteiger partial charge in [0.2, 0.25) is 5.89 Å². The van der Waals surface area contributed by atoms with Crippen LogP contribution in [0.1, 0.15) is 0 Å². The van der Waals surface area contributed by atoms with Gasteiger partial charge in [0, 0.05) is 5.02 Å². The standard InChI is InChI=1S/C8H3BrClFN2O2/c9-6-4(1-3(10)2-5(6)11)7-12-13-8(14)15-7/h1-2H,(H,13,14). The van der Waals surface area contributed by atoms with E-state index >= 15 is 0 Å². The minimum absolute atomic E-state index is 0.0201. The molecule has 0 saturated carbocycles. The van der Waals surface area contributed by atoms with E-state index in [0.29, 0.717) is 0 Å². The molecule has 15 heavy (non-hydrogen) atoms. The average Bonchev–Trinajstić information content (AvgIpc) is 2.58. The van der Waals surface area contributed by atoms with Crippen LogP contribution in [0, 0.1) is 5.82 Å². The zero-order valence-electron chi connectivity index (χ0n) is 7.05. The lowest BCUT2D eigenvalue weighted by Crippen LogP contribution is -1.93. The van der Waals surface area contributed by atoms with Gasteiger partial charge in [-0.15, -0.1) is 5.10 Å². The number of aromatic nitrogens is 2. The third-order valence-electron chi connectivity index (χ3n) is 1.66. The second kappa shape index (κ2) is 3.79. The minimum Gasteiger partial charge on any atom is -0.388 e. The monoisotopic (exact) mass is 292 g/mol. The average molecular weight is 293 g/mol. The van der Waals surface area contributed by atoms with Crippen molar-refractivity contribution in [2.24, 2.45) is 0 Å². The number of hydrogen-bond donors (Lipinski definition) is 1. The largest absolute Gasteiger partial charge is 0.434 e. The summed E-state index contributed by atoms with van der Waals surface area (Å²) in [6, 6.07) is 2.58. The molecule has 0 aliphatic rings. The van der Waals surface area contributed by atoms with E-state index in [0.717, 1.165) is 6.07 Å². The highest BCUT2D eigenvalue weighted by Crippen LogP contribution is 2.31. The Morgan fingerprint density at radius 2 is 2.27 bits per heavy atom. The van der Waals surface area contributed by atoms with Gasteiger partial charge in [-0.25, -0.2) is 14.3 Å². The zero-order chi connectivity index (χ0) is 11.0. The van der Waals surface area contributed by atoms with Crippen molar-refractivity contribution in [1.82, 2.24) is 10.2 Å². The van der Waals surface area contributed by atoms with Crippen LogP contribution in [-0.4, -0.2) is 10.2 Å². The van der Waals surface area contributed by atoms with Crippen LogP contribution in [0.15, 0.2) is 25.8 Å². The molecule has 1 N–H and O–H groups in total. The first-order chi connectivity index (χ1) is 7.08. The number of aromatic amines is 1. The maximum Gasteiger partial charge on any atom is 0.434 e. The van der Waals surface area contributed by atoms with E-state index in [2.05, 4.69) is 30.5 Å². The van der Waals surface area contributed by atoms with Crippen molar-refractivity contribution >= 4 is 27.5 Å². The number of nitrogens with zero attached hydrogens (tertiary/aromatic N) is 1. The molecule has 4 nitrogen and oxygen atoms in total. The van der Waals surface area contributed by atoms with Crippen LogP contribution in [0.3, 0.4) is 0 Å². The van der Waals surface area contributed by atoms with Crippen molar-refractivity contribution < 1.29 is 8.81 Å². The van der Waals surface area contributed by atoms with Crippen LogP contribution in [-0.2, 0) is 0 Å². The lowest BCUT2D eigenvalue weighted by molar-refractivity contribution is 0.525. The van der Waals surface area contributed by atoms with E-state index in [1.54, 1.807) is 0 Å². The fourth-order valence-electron chi connectivity index (χ4n) is 1.06. The maximum atomic E-state index is 13.2. The van der Waals surface area contributed by atoms with Crippen LogP contribution >= 0.6 is 27.5 Å². The molecule has 1 aromatic carbocycles. The lowest BCUT2D eigenvalue weighted by atomic mass is 10.2. The van der Waals surface area contributed by atoms with Crippen molar-refractivity contribution in [2.45, 2.75) is 0 Å². The Labute approximate surface area is 96.2 Å². The highest BCUT2D eigenvalue weighted by atomic mass is 79.9. The van der Waals surface area contributed by atoms with Crippen LogP contribution in [0.4, 0.5) is 4.39 Å². The number of benzene rings is 1. The first kappa shape index (κ1) is 10.4. The summed E-state index contributed by atoms with van der Waals surface area (Å²) in [4.78, 5) is 10.7. The van der Waals surface area contributed by atoms with Gasteiger partial charge in [-0.1, -0.05) is 11.6 Å². The van der Waals surface area contributed by atoms with E-state index in [4.69, 9.17) is 11.6 Å². The fraction of sp³-hybridized carbons (Fsp3) is 0. The fourth-order valence-corrected chi connectivity index (χ4v) is 1.66. The summed E-state index contributed by atoms with van der Waals surface area (Å²) in [7, 11) is 0. The van der Waals surface area contributed by atoms with E-state index in [1.807, 2.05) is 0 Å². The van der Waals surface area contributed by atoms with Crippen molar-refractivity contribution in [3.8, 4) is 11.5 Å². The molecule has 7 heteroatoms. The highest BCUT2D eigenvalue weighted by molar-refractivity contribution is 9.10. The van der Waals surface area contributed by atoms with Gasteiger partial charge in [-0.2, -0.15) is 0 Å². The van der Waals surface area contributed by atoms with Crippen LogP contribution in [0.25, 0.3) is 11.5 Å². The van der Waals surface area contributed by atoms with Crippen molar-refractivity contribution in [3.05, 3.63) is 38.0 Å². The molecule has 0 unspecified atom stereocenters. The first-order valence-corrected chi connectivity index (χ1v) is 4.95. The molecule has 0 bridgehead atoms. The highest BCUT2D eigenvalue weighted by Gasteiger charge is 2.14. The van der Waals surface area contributed by atoms with Crippen molar-refractivity contribution in [1.29, 1.82) is 0 Å². The molecule has 2 aromatic rings. The third kappa shape index (κ3) is 1.95. The quantitative estimate of drug-likeness (QED) is 0.822. The molecule has 0 spiro atoms. The number of rotatable bonds is 1. The van der Waals surface area contributed by atoms with Crippen molar-refractivity contribution in [3.63, 3.8) is 0 Å². The molecule has 0 atom stereocenters. The van der Waals surface area contributed by atoms with Crippen molar-refractivity contribution in [2.75, 3.05) is 0 Å². The molecular weight excluding hydrogens is 290 g/mol. The van der Waals surface area contributed by atoms with Gasteiger partial charge < -0.3 is 4.42 Å². The predicted molar refractivity (Wildman–Crippen MR) is 55.2 cm³/mol. The smallest absolute Gasteiger partial charge is 0.388 e. The predicted octanol–water partition coefficient (Wildman–Crippen LogP) is 2.58. The maximum absolute atomic E-state index is 13.2. The van der Waals surface area contributed by atoms with Gasteiger partial charge in [-0.3, -0.25) is 0 Å². The summed E-state index contributed by atoms with van der Waals surface area (Å²) in [5.74, 6) is -1.28. The van der Waals surface area contributed by atoms with E-state index in [9.17, 15) is 9.18 Å². The Morgan fingerprint density at radius 1 is 1.53 bits per heavy atom. The second-order valence-electron chi connectivity index (χ2n) is 2.67. The number of hydrogen-bond acceptors (Lipinski definition) is 3. The van der Waals surface area contributed by atoms with Crippen LogP contribution in [0.2, 0.25) is 5.02 Å². The summed E-state index contributed by atoms with van der Waals surface area (Å²) in [5, 5.41) is 5.84. The number of halogens is 3. The topological polar surface area (TPSA) is 58.9 Å². The van der Waals surface area contributed by atoms with Gasteiger partial charge in [0.05, 0.1) is 10.0 Å². The Morgan fingerprint density at radius 3 is 2.87 bits per heavy atom. The van der Waals surface area contributed by atoms with Gasteiger partial charge >= 0.3 is 5.76 Å². The molecular formula is C8H3BrClFN2O2. The Hall–Kier alpha value is -1.14. The molecule has 0 aliphatic carbocycles. The SMILES string of the molecule is O=c1[nH]nc(-c2cc(Cl)cc(F)c2Br)o1. The summed E-state index contributed by atoms with van der Waals surface area (Å²) >= 11 is 8.67. The second-order valence-corrected chi connectivity index (χ2v) is 3.90. The molecule has 1 aromatic heterocycles. The molecule has 2 rings (SSSR count). The van der Waals surface area contributed by atoms with E-state index < -0.39 is 11.6 Å². The summed E-state index contributed by atoms with van der Waals surface area (Å²) < 4.78 is 18.1. The summed E-state index contributed by atoms with van der Waals surface area (Å²) in [6.45, 7) is 0. The molecule has 78 valence electrons. The molecule has 0 amide bonds. The molecule has 0 saturated heterocycles. The molecule has 0 aliphatic heterocycles. The zero-order valence-corrected chi connectivity index (χ0v) is 9.39. The van der Waals surface area contributed by atoms with Gasteiger partial charge in [0.15, 0.2) is 0 Å². The molecule has 0 fully saturated rings. The van der Waals surface area contributed by atoms with E-state index in [-0.39, 0.29) is 20.9 Å². The van der Waals surface area contributed by atoms with E-state index in [1.165, 1.54) is 6.07 Å². The third-order valence-corrected chi connectivity index (χ3v) is 2.69. The molecule has 0 radical (unpaired) electrons. The molecule has 1 heterocycles. The lowest BCUT2D eigenvalue weighted by Gasteiger charge is -2.01. The van der Waals surface area contributed by atoms with Crippen LogP contribution in [0.5, 0.6) is 0 Å². The number of H-pyrrole nitrogens is 1. The minimum atomic E-state index is -0.711. The Bertz CT molecular complexity index is 566. The first-order valence-electron chi connectivity index (χ1n) is 3.78. The Balaban J connectivity index is 2.67. The number of nitrogens with one attached hydrogen (secondary N) is 1. The Kier molecular flexibility index (Phi) is 2.62. The van der Waals surface area contributed by atoms with Gasteiger partial charge in [0.1, 0.15) is 5.82 Å². The summed E-state index contributed by atoms with van der Waals surface area (Å²) in [6.07, 6.45) is 0. The normalized spacial score (nSPS) is 10.6. The van der Waals surface area contributed by atoms with Gasteiger partial charge in [-0.05, 0) is 28.1 Å². The summed E-state index contributed by atoms with van der Waals surface area (Å²) in [5.41, 5.74) is 0.276. The van der Waals surface area contributed by atoms with Gasteiger partial charge in [0.25, 0.3) is 0 Å². The van der Waals surface area contributed by atoms with Crippen LogP contribution < -0.4 is 5.76 Å².